The summed E-state index contributed by atoms with van der Waals surface area (Å²) in [7, 11) is 2.50. The standard InChI is InChI=1S/2C4H5F5.C4H6F4.C3H5F3.C2H5F.5CH3F/c1-3(6,7)4(8,9)2-5;1-3(5,6)2-4(7,8)9;1-4(8,2-5)3(6)7;1-3(5,6)2-4;1-2-3;5*1-2/h2*2H2,1H3;3H,2H2,1H3;2H2,1H3;2H2,1H3;5*1H3. The van der Waals surface area contributed by atoms with Crippen molar-refractivity contribution in [1.82, 2.24) is 0 Å². The van der Waals surface area contributed by atoms with Gasteiger partial charge < -0.3 is 0 Å². The van der Waals surface area contributed by atoms with Crippen LogP contribution >= 0.6 is 0 Å². The van der Waals surface area contributed by atoms with Gasteiger partial charge in [-0.25, -0.2) is 52.7 Å². The lowest BCUT2D eigenvalue weighted by molar-refractivity contribution is -0.204. The van der Waals surface area contributed by atoms with Gasteiger partial charge in [-0.3, -0.25) is 26.3 Å². The summed E-state index contributed by atoms with van der Waals surface area (Å²) in [4.78, 5) is 0. The molecule has 0 fully saturated rings. The maximum atomic E-state index is 11.8. The smallest absolute Gasteiger partial charge is 0.255 e. The van der Waals surface area contributed by atoms with E-state index in [0.717, 1.165) is 0 Å². The summed E-state index contributed by atoms with van der Waals surface area (Å²) < 4.78 is 249. The summed E-state index contributed by atoms with van der Waals surface area (Å²) >= 11 is 0. The summed E-state index contributed by atoms with van der Waals surface area (Å²) in [5.41, 5.74) is -2.96. The SMILES string of the molecule is CC(F)(CF)C(F)F.CC(F)(F)C(F)(F)CF.CC(F)(F)CC(F)(F)F.CC(F)(F)CF.CCF.CF.CF.CF.CF.CF. The van der Waals surface area contributed by atoms with Crippen LogP contribution in [-0.4, -0.2) is 105 Å². The quantitative estimate of drug-likeness (QED) is 0.238. The molecule has 0 bridgehead atoms. The van der Waals surface area contributed by atoms with Crippen molar-refractivity contribution in [2.45, 2.75) is 83.0 Å². The van der Waals surface area contributed by atoms with Crippen molar-refractivity contribution < 1.29 is 101 Å². The minimum atomic E-state index is -4.77. The maximum Gasteiger partial charge on any atom is 0.394 e. The first-order chi connectivity index (χ1) is 20.0. The number of hydrogen-bond acceptors (Lipinski definition) is 0. The van der Waals surface area contributed by atoms with Gasteiger partial charge in [-0.1, -0.05) is 0 Å². The van der Waals surface area contributed by atoms with Gasteiger partial charge in [0.05, 0.1) is 42.6 Å². The van der Waals surface area contributed by atoms with Crippen LogP contribution in [0, 0.1) is 0 Å². The van der Waals surface area contributed by atoms with Crippen LogP contribution < -0.4 is 0 Å². The highest BCUT2D eigenvalue weighted by Crippen LogP contribution is 2.33. The fraction of sp³-hybridized carbons (Fsp3) is 1.00. The van der Waals surface area contributed by atoms with Crippen LogP contribution in [0.2, 0.25) is 0 Å². The summed E-state index contributed by atoms with van der Waals surface area (Å²) in [5.74, 6) is -15.5. The maximum absolute atomic E-state index is 11.8. The molecule has 0 radical (unpaired) electrons. The van der Waals surface area contributed by atoms with Crippen LogP contribution in [0.1, 0.15) is 41.0 Å². The Labute approximate surface area is 247 Å². The number of hydrogen-bond donors (Lipinski definition) is 0. The molecule has 0 aromatic rings. The van der Waals surface area contributed by atoms with Crippen molar-refractivity contribution in [2.24, 2.45) is 0 Å². The van der Waals surface area contributed by atoms with Gasteiger partial charge in [-0.15, -0.1) is 0 Å². The minimum absolute atomic E-state index is 0.0213. The molecule has 1 atom stereocenters. The third kappa shape index (κ3) is 85.8. The zero-order valence-corrected chi connectivity index (χ0v) is 25.8. The van der Waals surface area contributed by atoms with Gasteiger partial charge in [-0.05, 0) is 20.8 Å². The highest BCUT2D eigenvalue weighted by Gasteiger charge is 2.52. The zero-order chi connectivity index (χ0) is 40.1. The molecule has 0 rings (SSSR count). The molecule has 45 heavy (non-hydrogen) atoms. The van der Waals surface area contributed by atoms with Crippen LogP contribution in [0.3, 0.4) is 0 Å². The van der Waals surface area contributed by atoms with Crippen molar-refractivity contribution in [3.05, 3.63) is 0 Å². The molecule has 0 heterocycles. The Kier molecular flexibility index (Phi) is 62.8. The van der Waals surface area contributed by atoms with Gasteiger partial charge >= 0.3 is 18.0 Å². The molecular weight excluding hydrogens is 701 g/mol. The Morgan fingerprint density at radius 3 is 0.667 bits per heavy atom. The second kappa shape index (κ2) is 40.4. The predicted octanol–water partition coefficient (Wildman–Crippen LogP) is 12.3. The first-order valence-corrected chi connectivity index (χ1v) is 10.7. The summed E-state index contributed by atoms with van der Waals surface area (Å²) in [5, 5.41) is 0. The van der Waals surface area contributed by atoms with Gasteiger partial charge in [-0.2, -0.15) is 22.0 Å². The monoisotopic (exact) mass is 742 g/mol. The van der Waals surface area contributed by atoms with Crippen LogP contribution in [0.15, 0.2) is 0 Å². The van der Waals surface area contributed by atoms with E-state index in [2.05, 4.69) is 0 Å². The van der Waals surface area contributed by atoms with Crippen LogP contribution in [0.5, 0.6) is 0 Å². The van der Waals surface area contributed by atoms with E-state index >= 15 is 0 Å². The molecule has 0 N–H and O–H groups in total. The molecule has 0 amide bonds. The van der Waals surface area contributed by atoms with E-state index in [9.17, 15) is 101 Å². The van der Waals surface area contributed by atoms with Crippen molar-refractivity contribution in [3.8, 4) is 0 Å². The summed E-state index contributed by atoms with van der Waals surface area (Å²) in [6.07, 6.45) is -10.0. The molecule has 0 saturated carbocycles. The number of halogens is 23. The van der Waals surface area contributed by atoms with Crippen molar-refractivity contribution in [2.75, 3.05) is 62.6 Å². The van der Waals surface area contributed by atoms with Gasteiger partial charge in [0.25, 0.3) is 18.3 Å². The molecule has 290 valence electrons. The Hall–Kier alpha value is -1.61. The van der Waals surface area contributed by atoms with Gasteiger partial charge in [0.1, 0.15) is 13.1 Å². The van der Waals surface area contributed by atoms with Crippen molar-refractivity contribution in [1.29, 1.82) is 0 Å². The molecular formula is C22H41F23. The largest absolute Gasteiger partial charge is 0.394 e. The van der Waals surface area contributed by atoms with Gasteiger partial charge in [0.2, 0.25) is 0 Å². The first kappa shape index (κ1) is 69.9. The third-order valence-corrected chi connectivity index (χ3v) is 2.27. The van der Waals surface area contributed by atoms with Crippen molar-refractivity contribution in [3.63, 3.8) is 0 Å². The molecule has 0 saturated heterocycles. The highest BCUT2D eigenvalue weighted by molar-refractivity contribution is 4.79. The Morgan fingerprint density at radius 1 is 0.444 bits per heavy atom. The lowest BCUT2D eigenvalue weighted by Gasteiger charge is -2.18. The molecule has 0 aromatic carbocycles. The first-order valence-electron chi connectivity index (χ1n) is 10.7. The van der Waals surface area contributed by atoms with Crippen LogP contribution in [-0.2, 0) is 0 Å². The average Bonchev–Trinajstić information content (AvgIpc) is 2.92. The lowest BCUT2D eigenvalue weighted by atomic mass is 10.2. The molecule has 23 heteroatoms. The minimum Gasteiger partial charge on any atom is -0.255 e. The van der Waals surface area contributed by atoms with E-state index in [4.69, 9.17) is 0 Å². The Balaban J connectivity index is -0.0000000405. The van der Waals surface area contributed by atoms with E-state index in [0.29, 0.717) is 49.7 Å². The topological polar surface area (TPSA) is 0 Å². The van der Waals surface area contributed by atoms with E-state index < -0.39 is 68.4 Å². The molecule has 0 aliphatic heterocycles. The van der Waals surface area contributed by atoms with E-state index in [1.54, 1.807) is 0 Å². The predicted molar refractivity (Wildman–Crippen MR) is 128 cm³/mol. The average molecular weight is 743 g/mol. The molecule has 0 aliphatic rings. The number of alkyl halides is 23. The molecule has 0 spiro atoms. The summed E-state index contributed by atoms with van der Waals surface area (Å²) in [6, 6.07) is 0. The van der Waals surface area contributed by atoms with E-state index in [-0.39, 0.29) is 20.5 Å². The summed E-state index contributed by atoms with van der Waals surface area (Å²) in [6.45, 7) is -3.04. The molecule has 1 unspecified atom stereocenters. The Bertz CT molecular complexity index is 465. The van der Waals surface area contributed by atoms with Gasteiger partial charge in [0, 0.05) is 13.8 Å². The normalized spacial score (nSPS) is 11.6. The highest BCUT2D eigenvalue weighted by atomic mass is 19.4. The second-order valence-corrected chi connectivity index (χ2v) is 6.77. The molecule has 0 aromatic heterocycles. The zero-order valence-electron chi connectivity index (χ0n) is 25.8. The second-order valence-electron chi connectivity index (χ2n) is 6.77. The van der Waals surface area contributed by atoms with E-state index in [1.165, 1.54) is 6.92 Å². The molecule has 0 nitrogen and oxygen atoms in total. The third-order valence-electron chi connectivity index (χ3n) is 2.27. The van der Waals surface area contributed by atoms with Crippen molar-refractivity contribution >= 4 is 0 Å². The van der Waals surface area contributed by atoms with Gasteiger partial charge in [0.15, 0.2) is 19.0 Å². The van der Waals surface area contributed by atoms with Crippen LogP contribution in [0.25, 0.3) is 0 Å². The Morgan fingerprint density at radius 2 is 0.667 bits per heavy atom. The molecule has 0 aliphatic carbocycles. The number of rotatable bonds is 6. The lowest BCUT2D eigenvalue weighted by Crippen LogP contribution is -2.39. The fourth-order valence-corrected chi connectivity index (χ4v) is 0.528. The fourth-order valence-electron chi connectivity index (χ4n) is 0.528. The van der Waals surface area contributed by atoms with Crippen LogP contribution in [0.4, 0.5) is 101 Å². The van der Waals surface area contributed by atoms with E-state index in [1.807, 2.05) is 0 Å².